The quantitative estimate of drug-likeness (QED) is 0.489. The van der Waals surface area contributed by atoms with Gasteiger partial charge in [0.15, 0.2) is 0 Å². The van der Waals surface area contributed by atoms with Crippen molar-refractivity contribution in [2.45, 2.75) is 26.1 Å². The molecule has 0 unspecified atom stereocenters. The number of benzene rings is 1. The van der Waals surface area contributed by atoms with E-state index < -0.39 is 0 Å². The first-order chi connectivity index (χ1) is 8.33. The maximum Gasteiger partial charge on any atom is 0.0289 e. The van der Waals surface area contributed by atoms with Gasteiger partial charge in [0.1, 0.15) is 0 Å². The average Bonchev–Trinajstić information content (AvgIpc) is 2.42. The highest BCUT2D eigenvalue weighted by Crippen LogP contribution is 2.22. The molecule has 0 aliphatic heterocycles. The average molecular weight is 293 g/mol. The lowest BCUT2D eigenvalue weighted by Gasteiger charge is -2.07. The molecule has 0 bridgehead atoms. The molecule has 0 atom stereocenters. The topological polar surface area (TPSA) is 0 Å². The molecule has 0 nitrogen and oxygen atoms in total. The van der Waals surface area contributed by atoms with Crippen molar-refractivity contribution in [1.82, 2.24) is 0 Å². The summed E-state index contributed by atoms with van der Waals surface area (Å²) in [6.07, 6.45) is 8.01. The molecule has 0 aliphatic rings. The van der Waals surface area contributed by atoms with Gasteiger partial charge in [0.2, 0.25) is 0 Å². The van der Waals surface area contributed by atoms with Gasteiger partial charge in [0.05, 0.1) is 0 Å². The van der Waals surface area contributed by atoms with Crippen molar-refractivity contribution < 1.29 is 0 Å². The fourth-order valence-electron chi connectivity index (χ4n) is 1.39. The molecule has 0 spiro atoms. The summed E-state index contributed by atoms with van der Waals surface area (Å²) in [4.78, 5) is 0. The Bertz CT molecular complexity index is 386. The largest absolute Gasteiger partial charge is 0.0984 e. The number of alkyl halides is 1. The van der Waals surface area contributed by atoms with Crippen LogP contribution in [0.25, 0.3) is 5.57 Å². The zero-order valence-electron chi connectivity index (χ0n) is 10.9. The Labute approximate surface area is 114 Å². The highest BCUT2D eigenvalue weighted by molar-refractivity contribution is 9.08. The van der Waals surface area contributed by atoms with Crippen molar-refractivity contribution in [1.29, 1.82) is 0 Å². The SMILES string of the molecule is C=C/C(=C\C=C/C)c1ccccc1CBr.CC. The third-order valence-corrected chi connectivity index (χ3v) is 2.76. The maximum absolute atomic E-state index is 3.85. The van der Waals surface area contributed by atoms with E-state index in [-0.39, 0.29) is 0 Å². The number of allylic oxidation sites excluding steroid dienone is 5. The molecule has 92 valence electrons. The summed E-state index contributed by atoms with van der Waals surface area (Å²) >= 11 is 3.49. The van der Waals surface area contributed by atoms with Gasteiger partial charge in [0, 0.05) is 5.33 Å². The molecule has 1 aromatic carbocycles. The molecule has 0 radical (unpaired) electrons. The second kappa shape index (κ2) is 10.1. The summed E-state index contributed by atoms with van der Waals surface area (Å²) in [6, 6.07) is 8.34. The lowest BCUT2D eigenvalue weighted by molar-refractivity contribution is 1.40. The van der Waals surface area contributed by atoms with Crippen LogP contribution in [0.3, 0.4) is 0 Å². The monoisotopic (exact) mass is 292 g/mol. The lowest BCUT2D eigenvalue weighted by atomic mass is 10.0. The second-order valence-electron chi connectivity index (χ2n) is 3.14. The Morgan fingerprint density at radius 3 is 2.47 bits per heavy atom. The zero-order chi connectivity index (χ0) is 13.1. The van der Waals surface area contributed by atoms with E-state index in [0.717, 1.165) is 10.9 Å². The van der Waals surface area contributed by atoms with Gasteiger partial charge < -0.3 is 0 Å². The fourth-order valence-corrected chi connectivity index (χ4v) is 1.88. The van der Waals surface area contributed by atoms with Gasteiger partial charge in [0.25, 0.3) is 0 Å². The summed E-state index contributed by atoms with van der Waals surface area (Å²) in [6.45, 7) is 9.86. The van der Waals surface area contributed by atoms with E-state index in [1.165, 1.54) is 11.1 Å². The minimum absolute atomic E-state index is 0.865. The number of halogens is 1. The van der Waals surface area contributed by atoms with E-state index in [2.05, 4.69) is 52.9 Å². The molecule has 1 rings (SSSR count). The van der Waals surface area contributed by atoms with Crippen molar-refractivity contribution in [2.75, 3.05) is 0 Å². The van der Waals surface area contributed by atoms with Crippen molar-refractivity contribution in [3.8, 4) is 0 Å². The first-order valence-electron chi connectivity index (χ1n) is 5.93. The Morgan fingerprint density at radius 2 is 1.94 bits per heavy atom. The normalized spacial score (nSPS) is 10.9. The minimum atomic E-state index is 0.865. The van der Waals surface area contributed by atoms with Gasteiger partial charge >= 0.3 is 0 Å². The number of rotatable bonds is 4. The van der Waals surface area contributed by atoms with Gasteiger partial charge in [-0.15, -0.1) is 0 Å². The molecule has 1 aromatic rings. The van der Waals surface area contributed by atoms with Crippen LogP contribution < -0.4 is 0 Å². The van der Waals surface area contributed by atoms with Crippen molar-refractivity contribution >= 4 is 21.5 Å². The second-order valence-corrected chi connectivity index (χ2v) is 3.70. The fraction of sp³-hybridized carbons (Fsp3) is 0.250. The van der Waals surface area contributed by atoms with E-state index in [4.69, 9.17) is 0 Å². The van der Waals surface area contributed by atoms with E-state index in [1.54, 1.807) is 0 Å². The molecule has 0 aliphatic carbocycles. The molecule has 1 heteroatoms. The van der Waals surface area contributed by atoms with Gasteiger partial charge in [-0.2, -0.15) is 0 Å². The van der Waals surface area contributed by atoms with E-state index in [0.29, 0.717) is 0 Å². The van der Waals surface area contributed by atoms with Crippen LogP contribution in [0, 0.1) is 0 Å². The molecule has 0 fully saturated rings. The Balaban J connectivity index is 0.00000121. The Hall–Kier alpha value is -1.08. The van der Waals surface area contributed by atoms with Crippen LogP contribution in [-0.2, 0) is 5.33 Å². The maximum atomic E-state index is 3.85. The predicted molar refractivity (Wildman–Crippen MR) is 83.4 cm³/mol. The molecule has 0 heterocycles. The molecule has 0 amide bonds. The van der Waals surface area contributed by atoms with Gasteiger partial charge in [-0.05, 0) is 23.6 Å². The van der Waals surface area contributed by atoms with Crippen LogP contribution in [0.5, 0.6) is 0 Å². The van der Waals surface area contributed by atoms with Crippen LogP contribution in [0.4, 0.5) is 0 Å². The van der Waals surface area contributed by atoms with E-state index >= 15 is 0 Å². The molecule has 0 N–H and O–H groups in total. The Morgan fingerprint density at radius 1 is 1.29 bits per heavy atom. The van der Waals surface area contributed by atoms with Crippen LogP contribution in [0.1, 0.15) is 31.9 Å². The van der Waals surface area contributed by atoms with Crippen molar-refractivity contribution in [3.05, 3.63) is 66.3 Å². The predicted octanol–water partition coefficient (Wildman–Crippen LogP) is 5.75. The highest BCUT2D eigenvalue weighted by Gasteiger charge is 2.01. The van der Waals surface area contributed by atoms with Gasteiger partial charge in [-0.3, -0.25) is 0 Å². The highest BCUT2D eigenvalue weighted by atomic mass is 79.9. The van der Waals surface area contributed by atoms with Crippen LogP contribution >= 0.6 is 15.9 Å². The first-order valence-corrected chi connectivity index (χ1v) is 7.05. The summed E-state index contributed by atoms with van der Waals surface area (Å²) in [7, 11) is 0. The van der Waals surface area contributed by atoms with Crippen molar-refractivity contribution in [3.63, 3.8) is 0 Å². The molecule has 0 saturated carbocycles. The third-order valence-electron chi connectivity index (χ3n) is 2.16. The summed E-state index contributed by atoms with van der Waals surface area (Å²) in [5, 5.41) is 0.865. The molecular weight excluding hydrogens is 272 g/mol. The summed E-state index contributed by atoms with van der Waals surface area (Å²) in [5.41, 5.74) is 3.68. The number of hydrogen-bond donors (Lipinski definition) is 0. The molecule has 0 saturated heterocycles. The molecular formula is C16H21Br. The van der Waals surface area contributed by atoms with Crippen LogP contribution in [-0.4, -0.2) is 0 Å². The van der Waals surface area contributed by atoms with E-state index in [1.807, 2.05) is 39.0 Å². The number of hydrogen-bond acceptors (Lipinski definition) is 0. The van der Waals surface area contributed by atoms with Crippen LogP contribution in [0.2, 0.25) is 0 Å². The summed E-state index contributed by atoms with van der Waals surface area (Å²) < 4.78 is 0. The van der Waals surface area contributed by atoms with Gasteiger partial charge in [-0.1, -0.05) is 84.9 Å². The lowest BCUT2D eigenvalue weighted by Crippen LogP contribution is -1.88. The van der Waals surface area contributed by atoms with Crippen LogP contribution in [0.15, 0.2) is 55.1 Å². The van der Waals surface area contributed by atoms with Crippen molar-refractivity contribution in [2.24, 2.45) is 0 Å². The Kier molecular flexibility index (Phi) is 9.46. The van der Waals surface area contributed by atoms with E-state index in [9.17, 15) is 0 Å². The third kappa shape index (κ3) is 5.18. The smallest absolute Gasteiger partial charge is 0.0289 e. The molecule has 17 heavy (non-hydrogen) atoms. The first kappa shape index (κ1) is 15.9. The minimum Gasteiger partial charge on any atom is -0.0984 e. The zero-order valence-corrected chi connectivity index (χ0v) is 12.5. The van der Waals surface area contributed by atoms with Gasteiger partial charge in [-0.25, -0.2) is 0 Å². The summed E-state index contributed by atoms with van der Waals surface area (Å²) in [5.74, 6) is 0. The molecule has 0 aromatic heterocycles. The standard InChI is InChI=1S/C14H15Br.C2H6/c1-3-5-8-12(4-2)14-10-7-6-9-13(14)11-15;1-2/h3-10H,2,11H2,1H3;1-2H3/b5-3-,12-8+;.